The van der Waals surface area contributed by atoms with Crippen LogP contribution in [-0.4, -0.2) is 20.0 Å². The van der Waals surface area contributed by atoms with Crippen LogP contribution < -0.4 is 0 Å². The fourth-order valence-corrected chi connectivity index (χ4v) is 8.02. The summed E-state index contributed by atoms with van der Waals surface area (Å²) in [6, 6.07) is 0. The molecule has 1 aromatic rings. The third kappa shape index (κ3) is 15.3. The zero-order valence-electron chi connectivity index (χ0n) is 24.5. The molecule has 0 unspecified atom stereocenters. The van der Waals surface area contributed by atoms with E-state index in [9.17, 15) is 0 Å². The lowest BCUT2D eigenvalue weighted by molar-refractivity contribution is 0.386. The van der Waals surface area contributed by atoms with Crippen LogP contribution in [0.4, 0.5) is 0 Å². The minimum Gasteiger partial charge on any atom is -0.305 e. The molecule has 36 heavy (non-hydrogen) atoms. The van der Waals surface area contributed by atoms with Crippen LogP contribution in [0.2, 0.25) is 0 Å². The first-order chi connectivity index (χ1) is 17.5. The van der Waals surface area contributed by atoms with Crippen LogP contribution in [0, 0.1) is 5.41 Å². The summed E-state index contributed by atoms with van der Waals surface area (Å²) in [6.45, 7) is 10.3. The third-order valence-corrected chi connectivity index (χ3v) is 10.4. The van der Waals surface area contributed by atoms with E-state index < -0.39 is 0 Å². The van der Waals surface area contributed by atoms with Crippen LogP contribution in [0.15, 0.2) is 5.16 Å². The molecule has 3 nitrogen and oxygen atoms in total. The Morgan fingerprint density at radius 2 is 1.19 bits per heavy atom. The van der Waals surface area contributed by atoms with Gasteiger partial charge >= 0.3 is 0 Å². The van der Waals surface area contributed by atoms with E-state index in [4.69, 9.17) is 0 Å². The second-order valence-corrected chi connectivity index (χ2v) is 15.0. The molecule has 0 aromatic carbocycles. The van der Waals surface area contributed by atoms with Crippen LogP contribution >= 0.6 is 21.6 Å². The highest BCUT2D eigenvalue weighted by molar-refractivity contribution is 8.76. The highest BCUT2D eigenvalue weighted by atomic mass is 33.1. The van der Waals surface area contributed by atoms with E-state index in [1.165, 1.54) is 141 Å². The zero-order chi connectivity index (χ0) is 25.9. The summed E-state index contributed by atoms with van der Waals surface area (Å²) in [5, 5.41) is 11.2. The van der Waals surface area contributed by atoms with E-state index in [0.29, 0.717) is 0 Å². The van der Waals surface area contributed by atoms with Gasteiger partial charge in [0, 0.05) is 18.2 Å². The van der Waals surface area contributed by atoms with Crippen molar-refractivity contribution >= 4 is 21.6 Å². The quantitative estimate of drug-likeness (QED) is 0.115. The predicted octanol–water partition coefficient (Wildman–Crippen LogP) is 11.2. The molecule has 1 heterocycles. The number of hydrogen-bond acceptors (Lipinski definition) is 4. The lowest BCUT2D eigenvalue weighted by Crippen LogP contribution is -2.15. The molecule has 1 aromatic heterocycles. The van der Waals surface area contributed by atoms with E-state index in [2.05, 4.69) is 53.3 Å². The van der Waals surface area contributed by atoms with Crippen LogP contribution in [0.1, 0.15) is 168 Å². The SMILES string of the molecule is CCCCCCCCCCCCCCCCCCn1c(CC(C)(C)C)nnc1SSC1CCCCC1. The van der Waals surface area contributed by atoms with Crippen LogP contribution in [0.25, 0.3) is 0 Å². The summed E-state index contributed by atoms with van der Waals surface area (Å²) in [7, 11) is 3.95. The average molecular weight is 538 g/mol. The molecule has 1 saturated carbocycles. The minimum absolute atomic E-state index is 0.248. The Morgan fingerprint density at radius 3 is 1.69 bits per heavy atom. The van der Waals surface area contributed by atoms with Gasteiger partial charge in [0.05, 0.1) is 0 Å². The first-order valence-corrected chi connectivity index (χ1v) is 18.0. The van der Waals surface area contributed by atoms with Gasteiger partial charge in [0.15, 0.2) is 0 Å². The maximum atomic E-state index is 4.64. The van der Waals surface area contributed by atoms with Gasteiger partial charge in [-0.25, -0.2) is 0 Å². The number of aromatic nitrogens is 3. The molecule has 210 valence electrons. The predicted molar refractivity (Wildman–Crippen MR) is 163 cm³/mol. The summed E-state index contributed by atoms with van der Waals surface area (Å²) >= 11 is 0. The zero-order valence-corrected chi connectivity index (χ0v) is 26.1. The molecule has 1 aliphatic rings. The standard InChI is InChI=1S/C31H59N3S2/c1-5-6-7-8-9-10-11-12-13-14-15-16-17-18-19-23-26-34-29(27-31(2,3)4)32-33-30(34)36-35-28-24-21-20-22-25-28/h28H,5-27H2,1-4H3. The Kier molecular flexibility index (Phi) is 17.7. The molecule has 0 amide bonds. The fraction of sp³-hybridized carbons (Fsp3) is 0.935. The molecule has 0 spiro atoms. The Morgan fingerprint density at radius 1 is 0.694 bits per heavy atom. The molecule has 0 saturated heterocycles. The van der Waals surface area contributed by atoms with Gasteiger partial charge in [-0.1, -0.05) is 154 Å². The van der Waals surface area contributed by atoms with E-state index in [1.807, 2.05) is 10.8 Å². The van der Waals surface area contributed by atoms with E-state index in [1.54, 1.807) is 0 Å². The summed E-state index contributed by atoms with van der Waals surface area (Å²) < 4.78 is 2.45. The average Bonchev–Trinajstić information content (AvgIpc) is 3.22. The van der Waals surface area contributed by atoms with Crippen LogP contribution in [0.5, 0.6) is 0 Å². The normalized spacial score (nSPS) is 15.1. The molecular formula is C31H59N3S2. The first-order valence-electron chi connectivity index (χ1n) is 15.7. The van der Waals surface area contributed by atoms with Crippen molar-refractivity contribution in [2.75, 3.05) is 0 Å². The van der Waals surface area contributed by atoms with Crippen LogP contribution in [-0.2, 0) is 13.0 Å². The molecule has 1 aliphatic carbocycles. The molecule has 0 radical (unpaired) electrons. The second kappa shape index (κ2) is 19.8. The van der Waals surface area contributed by atoms with Crippen molar-refractivity contribution in [2.45, 2.75) is 186 Å². The molecule has 0 atom stereocenters. The van der Waals surface area contributed by atoms with Gasteiger partial charge in [-0.2, -0.15) is 0 Å². The largest absolute Gasteiger partial charge is 0.305 e. The van der Waals surface area contributed by atoms with Gasteiger partial charge < -0.3 is 4.57 Å². The van der Waals surface area contributed by atoms with Gasteiger partial charge in [-0.15, -0.1) is 10.2 Å². The fourth-order valence-electron chi connectivity index (χ4n) is 5.30. The Bertz CT molecular complexity index is 647. The third-order valence-electron chi connectivity index (χ3n) is 7.53. The molecule has 0 N–H and O–H groups in total. The number of rotatable bonds is 21. The van der Waals surface area contributed by atoms with Gasteiger partial charge in [-0.3, -0.25) is 0 Å². The molecule has 5 heteroatoms. The highest BCUT2D eigenvalue weighted by Gasteiger charge is 2.21. The number of unbranched alkanes of at least 4 members (excludes halogenated alkanes) is 15. The van der Waals surface area contributed by atoms with Crippen molar-refractivity contribution in [3.8, 4) is 0 Å². The van der Waals surface area contributed by atoms with Crippen molar-refractivity contribution in [3.63, 3.8) is 0 Å². The minimum atomic E-state index is 0.248. The summed E-state index contributed by atoms with van der Waals surface area (Å²) in [5.41, 5.74) is 0.248. The summed E-state index contributed by atoms with van der Waals surface area (Å²) in [5.74, 6) is 1.19. The van der Waals surface area contributed by atoms with Crippen molar-refractivity contribution < 1.29 is 0 Å². The number of nitrogens with zero attached hydrogens (tertiary/aromatic N) is 3. The smallest absolute Gasteiger partial charge is 0.201 e. The van der Waals surface area contributed by atoms with Gasteiger partial charge in [0.1, 0.15) is 5.82 Å². The van der Waals surface area contributed by atoms with Crippen molar-refractivity contribution in [1.29, 1.82) is 0 Å². The van der Waals surface area contributed by atoms with Gasteiger partial charge in [-0.05, 0) is 35.5 Å². The maximum Gasteiger partial charge on any atom is 0.201 e. The molecule has 0 aliphatic heterocycles. The number of hydrogen-bond donors (Lipinski definition) is 0. The maximum absolute atomic E-state index is 4.64. The monoisotopic (exact) mass is 537 g/mol. The molecular weight excluding hydrogens is 478 g/mol. The van der Waals surface area contributed by atoms with Crippen molar-refractivity contribution in [3.05, 3.63) is 5.82 Å². The Balaban J connectivity index is 1.56. The van der Waals surface area contributed by atoms with Crippen molar-refractivity contribution in [1.82, 2.24) is 14.8 Å². The summed E-state index contributed by atoms with van der Waals surface area (Å²) in [4.78, 5) is 0. The van der Waals surface area contributed by atoms with Gasteiger partial charge in [0.25, 0.3) is 0 Å². The Labute approximate surface area is 232 Å². The van der Waals surface area contributed by atoms with Crippen molar-refractivity contribution in [2.24, 2.45) is 5.41 Å². The Hall–Kier alpha value is -0.160. The lowest BCUT2D eigenvalue weighted by Gasteiger charge is -2.21. The van der Waals surface area contributed by atoms with E-state index in [0.717, 1.165) is 23.4 Å². The topological polar surface area (TPSA) is 30.7 Å². The molecule has 2 rings (SSSR count). The molecule has 0 bridgehead atoms. The van der Waals surface area contributed by atoms with E-state index >= 15 is 0 Å². The second-order valence-electron chi connectivity index (χ2n) is 12.5. The van der Waals surface area contributed by atoms with Crippen LogP contribution in [0.3, 0.4) is 0 Å². The summed E-state index contributed by atoms with van der Waals surface area (Å²) in [6.07, 6.45) is 30.7. The first kappa shape index (κ1) is 32.1. The highest BCUT2D eigenvalue weighted by Crippen LogP contribution is 2.40. The lowest BCUT2D eigenvalue weighted by atomic mass is 9.92. The molecule has 1 fully saturated rings. The van der Waals surface area contributed by atoms with E-state index in [-0.39, 0.29) is 5.41 Å². The van der Waals surface area contributed by atoms with Gasteiger partial charge in [0.2, 0.25) is 5.16 Å².